The maximum Gasteiger partial charge on any atom is 0.226 e. The molecule has 2 aliphatic carbocycles. The minimum Gasteiger partial charge on any atom is -0.392 e. The van der Waals surface area contributed by atoms with Crippen molar-refractivity contribution in [3.05, 3.63) is 0 Å². The fourth-order valence-electron chi connectivity index (χ4n) is 4.13. The quantitative estimate of drug-likeness (QED) is 0.779. The lowest BCUT2D eigenvalue weighted by atomic mass is 9.87. The highest BCUT2D eigenvalue weighted by atomic mass is 32.1. The first kappa shape index (κ1) is 13.3. The summed E-state index contributed by atoms with van der Waals surface area (Å²) < 4.78 is 0. The summed E-state index contributed by atoms with van der Waals surface area (Å²) in [6.45, 7) is 4.18. The van der Waals surface area contributed by atoms with Crippen LogP contribution in [0, 0.1) is 17.8 Å². The molecule has 1 amide bonds. The summed E-state index contributed by atoms with van der Waals surface area (Å²) >= 11 is 4.94. The topological polar surface area (TPSA) is 49.6 Å². The van der Waals surface area contributed by atoms with Crippen molar-refractivity contribution >= 4 is 23.1 Å². The van der Waals surface area contributed by atoms with Gasteiger partial charge < -0.3 is 10.6 Å². The van der Waals surface area contributed by atoms with E-state index < -0.39 is 0 Å². The van der Waals surface area contributed by atoms with Crippen LogP contribution in [0.2, 0.25) is 0 Å². The van der Waals surface area contributed by atoms with E-state index in [-0.39, 0.29) is 0 Å². The van der Waals surface area contributed by atoms with Crippen LogP contribution in [-0.4, -0.2) is 53.4 Å². The van der Waals surface area contributed by atoms with E-state index in [9.17, 15) is 4.79 Å². The SMILES string of the molecule is NC(=S)CN1CCN(C(=O)C2CC3CCC2C3)CC1. The Bertz CT molecular complexity index is 379. The fourth-order valence-corrected chi connectivity index (χ4v) is 4.31. The molecule has 2 N–H and O–H groups in total. The number of carbonyl (C=O) groups is 1. The molecule has 1 heterocycles. The zero-order chi connectivity index (χ0) is 13.4. The standard InChI is InChI=1S/C14H23N3OS/c15-13(19)9-16-3-5-17(6-4-16)14(18)12-8-10-1-2-11(12)7-10/h10-12H,1-9H2,(H2,15,19). The summed E-state index contributed by atoms with van der Waals surface area (Å²) in [5.74, 6) is 2.28. The van der Waals surface area contributed by atoms with Gasteiger partial charge in [-0.25, -0.2) is 0 Å². The van der Waals surface area contributed by atoms with Crippen molar-refractivity contribution in [1.29, 1.82) is 0 Å². The molecule has 3 fully saturated rings. The lowest BCUT2D eigenvalue weighted by Crippen LogP contribution is -2.52. The Hall–Kier alpha value is -0.680. The van der Waals surface area contributed by atoms with Crippen LogP contribution in [0.4, 0.5) is 0 Å². The van der Waals surface area contributed by atoms with Crippen LogP contribution >= 0.6 is 12.2 Å². The van der Waals surface area contributed by atoms with Crippen LogP contribution in [0.1, 0.15) is 25.7 Å². The highest BCUT2D eigenvalue weighted by Crippen LogP contribution is 2.48. The minimum absolute atomic E-state index is 0.334. The summed E-state index contributed by atoms with van der Waals surface area (Å²) in [6.07, 6.45) is 5.09. The summed E-state index contributed by atoms with van der Waals surface area (Å²) in [6, 6.07) is 0. The third-order valence-corrected chi connectivity index (χ3v) is 5.25. The van der Waals surface area contributed by atoms with Crippen molar-refractivity contribution in [3.8, 4) is 0 Å². The zero-order valence-corrected chi connectivity index (χ0v) is 12.2. The number of carbonyl (C=O) groups excluding carboxylic acids is 1. The fraction of sp³-hybridized carbons (Fsp3) is 0.857. The number of hydrogen-bond donors (Lipinski definition) is 1. The number of hydrogen-bond acceptors (Lipinski definition) is 3. The zero-order valence-electron chi connectivity index (χ0n) is 11.4. The molecule has 1 aliphatic heterocycles. The molecular weight excluding hydrogens is 258 g/mol. The molecular formula is C14H23N3OS. The van der Waals surface area contributed by atoms with E-state index in [1.165, 1.54) is 19.3 Å². The second-order valence-corrected chi connectivity index (χ2v) is 6.87. The van der Waals surface area contributed by atoms with Gasteiger partial charge in [0.25, 0.3) is 0 Å². The van der Waals surface area contributed by atoms with Crippen molar-refractivity contribution in [2.75, 3.05) is 32.7 Å². The van der Waals surface area contributed by atoms with Crippen LogP contribution in [0.5, 0.6) is 0 Å². The van der Waals surface area contributed by atoms with Crippen LogP contribution in [0.25, 0.3) is 0 Å². The van der Waals surface area contributed by atoms with Gasteiger partial charge in [0, 0.05) is 38.6 Å². The molecule has 3 rings (SSSR count). The van der Waals surface area contributed by atoms with Gasteiger partial charge in [-0.05, 0) is 31.1 Å². The van der Waals surface area contributed by atoms with Gasteiger partial charge >= 0.3 is 0 Å². The molecule has 0 spiro atoms. The Morgan fingerprint density at radius 1 is 1.16 bits per heavy atom. The molecule has 3 aliphatic rings. The van der Waals surface area contributed by atoms with E-state index in [0.717, 1.165) is 38.5 Å². The Kier molecular flexibility index (Phi) is 3.76. The number of nitrogens with zero attached hydrogens (tertiary/aromatic N) is 2. The van der Waals surface area contributed by atoms with Gasteiger partial charge in [0.2, 0.25) is 5.91 Å². The first-order valence-corrected chi connectivity index (χ1v) is 7.83. The number of thiocarbonyl (C=S) groups is 1. The first-order valence-electron chi connectivity index (χ1n) is 7.43. The van der Waals surface area contributed by atoms with Gasteiger partial charge in [0.1, 0.15) is 0 Å². The normalized spacial score (nSPS) is 34.7. The third-order valence-electron chi connectivity index (χ3n) is 5.12. The lowest BCUT2D eigenvalue weighted by molar-refractivity contribution is -0.138. The van der Waals surface area contributed by atoms with Crippen molar-refractivity contribution in [3.63, 3.8) is 0 Å². The van der Waals surface area contributed by atoms with Crippen LogP contribution in [0.3, 0.4) is 0 Å². The molecule has 0 aromatic carbocycles. The predicted molar refractivity (Wildman–Crippen MR) is 78.7 cm³/mol. The largest absolute Gasteiger partial charge is 0.392 e. The molecule has 4 nitrogen and oxygen atoms in total. The monoisotopic (exact) mass is 281 g/mol. The summed E-state index contributed by atoms with van der Waals surface area (Å²) in [5, 5.41) is 0. The Labute approximate surface area is 120 Å². The highest BCUT2D eigenvalue weighted by Gasteiger charge is 2.44. The molecule has 1 saturated heterocycles. The van der Waals surface area contributed by atoms with Crippen LogP contribution in [0.15, 0.2) is 0 Å². The third kappa shape index (κ3) is 2.77. The first-order chi connectivity index (χ1) is 9.13. The summed E-state index contributed by atoms with van der Waals surface area (Å²) in [5.41, 5.74) is 5.57. The molecule has 5 heteroatoms. The number of piperazine rings is 1. The maximum absolute atomic E-state index is 12.6. The molecule has 2 saturated carbocycles. The number of nitrogens with two attached hydrogens (primary N) is 1. The summed E-state index contributed by atoms with van der Waals surface area (Å²) in [4.78, 5) is 17.4. The number of rotatable bonds is 3. The molecule has 2 bridgehead atoms. The van der Waals surface area contributed by atoms with E-state index >= 15 is 0 Å². The van der Waals surface area contributed by atoms with Gasteiger partial charge in [-0.3, -0.25) is 9.69 Å². The average molecular weight is 281 g/mol. The Morgan fingerprint density at radius 2 is 1.89 bits per heavy atom. The van der Waals surface area contributed by atoms with Crippen LogP contribution < -0.4 is 5.73 Å². The lowest BCUT2D eigenvalue weighted by Gasteiger charge is -2.37. The Morgan fingerprint density at radius 3 is 2.42 bits per heavy atom. The van der Waals surface area contributed by atoms with Crippen molar-refractivity contribution < 1.29 is 4.79 Å². The van der Waals surface area contributed by atoms with Gasteiger partial charge in [-0.15, -0.1) is 0 Å². The van der Waals surface area contributed by atoms with Crippen molar-refractivity contribution in [1.82, 2.24) is 9.80 Å². The maximum atomic E-state index is 12.6. The average Bonchev–Trinajstić information content (AvgIpc) is 3.00. The van der Waals surface area contributed by atoms with Gasteiger partial charge in [-0.1, -0.05) is 18.6 Å². The molecule has 0 aromatic heterocycles. The number of amides is 1. The number of fused-ring (bicyclic) bond motifs is 2. The van der Waals surface area contributed by atoms with Crippen molar-refractivity contribution in [2.45, 2.75) is 25.7 Å². The molecule has 0 radical (unpaired) electrons. The van der Waals surface area contributed by atoms with Gasteiger partial charge in [-0.2, -0.15) is 0 Å². The predicted octanol–water partition coefficient (Wildman–Crippen LogP) is 0.853. The van der Waals surface area contributed by atoms with E-state index in [1.807, 2.05) is 0 Å². The van der Waals surface area contributed by atoms with E-state index in [4.69, 9.17) is 18.0 Å². The van der Waals surface area contributed by atoms with E-state index in [2.05, 4.69) is 9.80 Å². The summed E-state index contributed by atoms with van der Waals surface area (Å²) in [7, 11) is 0. The molecule has 3 atom stereocenters. The molecule has 19 heavy (non-hydrogen) atoms. The molecule has 106 valence electrons. The second kappa shape index (κ2) is 5.37. The van der Waals surface area contributed by atoms with Crippen molar-refractivity contribution in [2.24, 2.45) is 23.5 Å². The van der Waals surface area contributed by atoms with E-state index in [1.54, 1.807) is 0 Å². The van der Waals surface area contributed by atoms with E-state index in [0.29, 0.717) is 29.3 Å². The van der Waals surface area contributed by atoms with Crippen LogP contribution in [-0.2, 0) is 4.79 Å². The van der Waals surface area contributed by atoms with Gasteiger partial charge in [0.15, 0.2) is 0 Å². The minimum atomic E-state index is 0.334. The molecule has 0 aromatic rings. The Balaban J connectivity index is 1.51. The highest BCUT2D eigenvalue weighted by molar-refractivity contribution is 7.80. The molecule has 3 unspecified atom stereocenters. The second-order valence-electron chi connectivity index (χ2n) is 6.35. The van der Waals surface area contributed by atoms with Gasteiger partial charge in [0.05, 0.1) is 4.99 Å². The smallest absolute Gasteiger partial charge is 0.226 e.